The van der Waals surface area contributed by atoms with Crippen LogP contribution < -0.4 is 0 Å². The standard InChI is InChI=1S/C13H11Cl2FS/c1-8-6-12(17-13(8)15)11(14)7-9-2-4-10(16)5-3-9/h2-6,11H,7H2,1H3. The quantitative estimate of drug-likeness (QED) is 0.666. The van der Waals surface area contributed by atoms with Crippen molar-refractivity contribution in [2.45, 2.75) is 18.7 Å². The molecule has 2 rings (SSSR count). The third-order valence-electron chi connectivity index (χ3n) is 2.51. The van der Waals surface area contributed by atoms with Gasteiger partial charge in [0.2, 0.25) is 0 Å². The van der Waals surface area contributed by atoms with E-state index in [1.165, 1.54) is 23.5 Å². The molecule has 0 N–H and O–H groups in total. The van der Waals surface area contributed by atoms with E-state index >= 15 is 0 Å². The van der Waals surface area contributed by atoms with Gasteiger partial charge in [-0.1, -0.05) is 23.7 Å². The van der Waals surface area contributed by atoms with Gasteiger partial charge in [-0.15, -0.1) is 22.9 Å². The molecule has 0 saturated carbocycles. The molecule has 1 aromatic carbocycles. The molecule has 0 fully saturated rings. The molecule has 2 aromatic rings. The first kappa shape index (κ1) is 12.9. The van der Waals surface area contributed by atoms with Gasteiger partial charge < -0.3 is 0 Å². The zero-order valence-corrected chi connectivity index (χ0v) is 11.5. The van der Waals surface area contributed by atoms with Crippen LogP contribution in [-0.2, 0) is 6.42 Å². The van der Waals surface area contributed by atoms with E-state index in [0.717, 1.165) is 20.3 Å². The molecule has 0 bridgehead atoms. The topological polar surface area (TPSA) is 0 Å². The summed E-state index contributed by atoms with van der Waals surface area (Å²) in [6.45, 7) is 1.96. The van der Waals surface area contributed by atoms with E-state index in [0.29, 0.717) is 6.42 Å². The molecule has 0 nitrogen and oxygen atoms in total. The summed E-state index contributed by atoms with van der Waals surface area (Å²) in [4.78, 5) is 1.05. The monoisotopic (exact) mass is 288 g/mol. The molecule has 1 unspecified atom stereocenters. The van der Waals surface area contributed by atoms with Crippen molar-refractivity contribution in [1.82, 2.24) is 0 Å². The Hall–Kier alpha value is -0.570. The molecule has 1 heterocycles. The van der Waals surface area contributed by atoms with E-state index < -0.39 is 0 Å². The molecule has 90 valence electrons. The van der Waals surface area contributed by atoms with Gasteiger partial charge in [-0.25, -0.2) is 4.39 Å². The molecule has 0 aliphatic rings. The molecule has 1 atom stereocenters. The fourth-order valence-electron chi connectivity index (χ4n) is 1.57. The summed E-state index contributed by atoms with van der Waals surface area (Å²) >= 11 is 13.8. The van der Waals surface area contributed by atoms with Gasteiger partial charge in [0.05, 0.1) is 9.71 Å². The number of hydrogen-bond donors (Lipinski definition) is 0. The Kier molecular flexibility index (Phi) is 4.08. The van der Waals surface area contributed by atoms with Gasteiger partial charge in [-0.3, -0.25) is 0 Å². The lowest BCUT2D eigenvalue weighted by molar-refractivity contribution is 0.627. The van der Waals surface area contributed by atoms with Crippen LogP contribution in [-0.4, -0.2) is 0 Å². The van der Waals surface area contributed by atoms with Crippen LogP contribution in [0.2, 0.25) is 4.34 Å². The maximum absolute atomic E-state index is 12.8. The van der Waals surface area contributed by atoms with Gasteiger partial charge in [-0.2, -0.15) is 0 Å². The van der Waals surface area contributed by atoms with Crippen molar-refractivity contribution in [3.8, 4) is 0 Å². The summed E-state index contributed by atoms with van der Waals surface area (Å²) in [5.41, 5.74) is 2.07. The van der Waals surface area contributed by atoms with Crippen molar-refractivity contribution in [1.29, 1.82) is 0 Å². The minimum atomic E-state index is -0.227. The Balaban J connectivity index is 2.11. The summed E-state index contributed by atoms with van der Waals surface area (Å²) in [5, 5.41) is -0.114. The summed E-state index contributed by atoms with van der Waals surface area (Å²) in [6.07, 6.45) is 0.679. The first-order valence-corrected chi connectivity index (χ1v) is 6.83. The Bertz CT molecular complexity index is 485. The summed E-state index contributed by atoms with van der Waals surface area (Å²) < 4.78 is 13.5. The third kappa shape index (κ3) is 3.21. The SMILES string of the molecule is Cc1cc(C(Cl)Cc2ccc(F)cc2)sc1Cl. The van der Waals surface area contributed by atoms with E-state index in [1.807, 2.05) is 13.0 Å². The summed E-state index contributed by atoms with van der Waals surface area (Å²) in [6, 6.07) is 8.42. The number of benzene rings is 1. The number of alkyl halides is 1. The van der Waals surface area contributed by atoms with Gasteiger partial charge in [0, 0.05) is 4.88 Å². The van der Waals surface area contributed by atoms with Crippen LogP contribution in [0, 0.1) is 12.7 Å². The maximum Gasteiger partial charge on any atom is 0.123 e. The van der Waals surface area contributed by atoms with E-state index in [-0.39, 0.29) is 11.2 Å². The van der Waals surface area contributed by atoms with E-state index in [9.17, 15) is 4.39 Å². The van der Waals surface area contributed by atoms with Gasteiger partial charge in [0.1, 0.15) is 5.82 Å². The number of thiophene rings is 1. The maximum atomic E-state index is 12.8. The zero-order valence-electron chi connectivity index (χ0n) is 9.21. The Morgan fingerprint density at radius 1 is 1.29 bits per heavy atom. The van der Waals surface area contributed by atoms with Crippen LogP contribution in [0.3, 0.4) is 0 Å². The predicted octanol–water partition coefficient (Wildman–Crippen LogP) is 5.37. The van der Waals surface area contributed by atoms with Gasteiger partial charge in [0.25, 0.3) is 0 Å². The lowest BCUT2D eigenvalue weighted by atomic mass is 10.1. The molecule has 0 spiro atoms. The number of rotatable bonds is 3. The fraction of sp³-hybridized carbons (Fsp3) is 0.231. The second-order valence-corrected chi connectivity index (χ2v) is 6.12. The van der Waals surface area contributed by atoms with Crippen molar-refractivity contribution >= 4 is 34.5 Å². The van der Waals surface area contributed by atoms with Gasteiger partial charge >= 0.3 is 0 Å². The van der Waals surface area contributed by atoms with E-state index in [2.05, 4.69) is 0 Å². The van der Waals surface area contributed by atoms with Gasteiger partial charge in [-0.05, 0) is 42.7 Å². The van der Waals surface area contributed by atoms with Crippen molar-refractivity contribution < 1.29 is 4.39 Å². The molecule has 1 aromatic heterocycles. The van der Waals surface area contributed by atoms with Crippen LogP contribution in [0.4, 0.5) is 4.39 Å². The lowest BCUT2D eigenvalue weighted by Gasteiger charge is -2.06. The Morgan fingerprint density at radius 3 is 2.47 bits per heavy atom. The molecule has 0 aliphatic carbocycles. The van der Waals surface area contributed by atoms with Crippen LogP contribution in [0.25, 0.3) is 0 Å². The third-order valence-corrected chi connectivity index (χ3v) is 4.70. The smallest absolute Gasteiger partial charge is 0.123 e. The summed E-state index contributed by atoms with van der Waals surface area (Å²) in [5.74, 6) is -0.227. The zero-order chi connectivity index (χ0) is 12.4. The highest BCUT2D eigenvalue weighted by molar-refractivity contribution is 7.16. The van der Waals surface area contributed by atoms with Crippen LogP contribution >= 0.6 is 34.5 Å². The molecule has 0 saturated heterocycles. The van der Waals surface area contributed by atoms with Crippen LogP contribution in [0.5, 0.6) is 0 Å². The second kappa shape index (κ2) is 5.38. The molecule has 0 amide bonds. The predicted molar refractivity (Wildman–Crippen MR) is 72.8 cm³/mol. The average Bonchev–Trinajstić information content (AvgIpc) is 2.63. The van der Waals surface area contributed by atoms with Crippen molar-refractivity contribution in [3.05, 3.63) is 56.5 Å². The number of aryl methyl sites for hydroxylation is 1. The van der Waals surface area contributed by atoms with Crippen molar-refractivity contribution in [3.63, 3.8) is 0 Å². The Labute approximate surface area is 114 Å². The first-order valence-electron chi connectivity index (χ1n) is 5.20. The molecular formula is C13H11Cl2FS. The van der Waals surface area contributed by atoms with E-state index in [1.54, 1.807) is 12.1 Å². The Morgan fingerprint density at radius 2 is 1.94 bits per heavy atom. The molecule has 0 radical (unpaired) electrons. The summed E-state index contributed by atoms with van der Waals surface area (Å²) in [7, 11) is 0. The second-order valence-electron chi connectivity index (χ2n) is 3.90. The molecule has 17 heavy (non-hydrogen) atoms. The normalized spacial score (nSPS) is 12.7. The number of halogens is 3. The van der Waals surface area contributed by atoms with Crippen molar-refractivity contribution in [2.75, 3.05) is 0 Å². The van der Waals surface area contributed by atoms with Gasteiger partial charge in [0.15, 0.2) is 0 Å². The van der Waals surface area contributed by atoms with Crippen LogP contribution in [0.1, 0.15) is 21.4 Å². The van der Waals surface area contributed by atoms with Crippen LogP contribution in [0.15, 0.2) is 30.3 Å². The van der Waals surface area contributed by atoms with E-state index in [4.69, 9.17) is 23.2 Å². The largest absolute Gasteiger partial charge is 0.207 e. The molecule has 0 aliphatic heterocycles. The highest BCUT2D eigenvalue weighted by Gasteiger charge is 2.13. The minimum Gasteiger partial charge on any atom is -0.207 e. The highest BCUT2D eigenvalue weighted by atomic mass is 35.5. The minimum absolute atomic E-state index is 0.114. The molecular weight excluding hydrogens is 278 g/mol. The average molecular weight is 289 g/mol. The highest BCUT2D eigenvalue weighted by Crippen LogP contribution is 2.35. The first-order chi connectivity index (χ1) is 8.06. The lowest BCUT2D eigenvalue weighted by Crippen LogP contribution is -1.93. The fourth-order valence-corrected chi connectivity index (χ4v) is 3.14. The van der Waals surface area contributed by atoms with Crippen molar-refractivity contribution in [2.24, 2.45) is 0 Å². The number of hydrogen-bond acceptors (Lipinski definition) is 1. The molecule has 4 heteroatoms.